The lowest BCUT2D eigenvalue weighted by atomic mass is 10.1. The van der Waals surface area contributed by atoms with Crippen LogP contribution in [0.15, 0.2) is 30.3 Å². The third-order valence-electron chi connectivity index (χ3n) is 2.97. The summed E-state index contributed by atoms with van der Waals surface area (Å²) in [6, 6.07) is 7.96. The molecule has 21 heavy (non-hydrogen) atoms. The molecule has 7 heteroatoms. The minimum absolute atomic E-state index is 0.0442. The molecule has 1 aromatic rings. The maximum absolute atomic E-state index is 11.8. The Kier molecular flexibility index (Phi) is 7.20. The first-order valence-electron chi connectivity index (χ1n) is 6.73. The Morgan fingerprint density at radius 3 is 2.48 bits per heavy atom. The second-order valence-corrected chi connectivity index (χ2v) is 4.59. The van der Waals surface area contributed by atoms with Crippen LogP contribution in [0.5, 0.6) is 0 Å². The van der Waals surface area contributed by atoms with Crippen LogP contribution in [-0.4, -0.2) is 34.8 Å². The van der Waals surface area contributed by atoms with Crippen molar-refractivity contribution in [3.05, 3.63) is 35.9 Å². The fraction of sp³-hybridized carbons (Fsp3) is 0.429. The van der Waals surface area contributed by atoms with Crippen molar-refractivity contribution in [3.63, 3.8) is 0 Å². The van der Waals surface area contributed by atoms with Gasteiger partial charge in [-0.2, -0.15) is 0 Å². The van der Waals surface area contributed by atoms with Crippen LogP contribution >= 0.6 is 0 Å². The molecule has 0 aromatic heterocycles. The molecule has 0 saturated carbocycles. The molecule has 0 bridgehead atoms. The predicted octanol–water partition coefficient (Wildman–Crippen LogP) is 1.08. The van der Waals surface area contributed by atoms with Crippen molar-refractivity contribution < 1.29 is 19.4 Å². The van der Waals surface area contributed by atoms with Crippen LogP contribution in [0.4, 0.5) is 4.79 Å². The van der Waals surface area contributed by atoms with Gasteiger partial charge in [0.2, 0.25) is 0 Å². The van der Waals surface area contributed by atoms with Crippen molar-refractivity contribution in [2.75, 3.05) is 6.54 Å². The van der Waals surface area contributed by atoms with E-state index in [0.717, 1.165) is 5.56 Å². The Hall–Kier alpha value is -2.12. The van der Waals surface area contributed by atoms with Crippen LogP contribution < -0.4 is 11.6 Å². The number of unbranched alkanes of at least 4 members (excludes halogenated alkanes) is 1. The van der Waals surface area contributed by atoms with Crippen molar-refractivity contribution in [1.29, 1.82) is 0 Å². The lowest BCUT2D eigenvalue weighted by Gasteiger charge is -2.23. The lowest BCUT2D eigenvalue weighted by Crippen LogP contribution is -2.49. The number of benzene rings is 1. The second kappa shape index (κ2) is 8.93. The first-order valence-corrected chi connectivity index (χ1v) is 6.73. The molecule has 0 aliphatic rings. The lowest BCUT2D eigenvalue weighted by molar-refractivity contribution is -0.143. The Labute approximate surface area is 123 Å². The summed E-state index contributed by atoms with van der Waals surface area (Å²) in [7, 11) is 0. The molecule has 0 radical (unpaired) electrons. The third kappa shape index (κ3) is 5.80. The van der Waals surface area contributed by atoms with E-state index in [9.17, 15) is 9.59 Å². The molecule has 0 aliphatic carbocycles. The number of aliphatic carboxylic acids is 1. The van der Waals surface area contributed by atoms with Crippen LogP contribution in [0.25, 0.3) is 0 Å². The molecule has 7 nitrogen and oxygen atoms in total. The van der Waals surface area contributed by atoms with Gasteiger partial charge in [-0.05, 0) is 31.4 Å². The monoisotopic (exact) mass is 295 g/mol. The van der Waals surface area contributed by atoms with Crippen molar-refractivity contribution in [3.8, 4) is 0 Å². The molecule has 1 rings (SSSR count). The first kappa shape index (κ1) is 16.9. The zero-order chi connectivity index (χ0) is 15.7. The van der Waals surface area contributed by atoms with Gasteiger partial charge >= 0.3 is 12.1 Å². The molecule has 1 amide bonds. The summed E-state index contributed by atoms with van der Waals surface area (Å²) in [6.07, 6.45) is 0.631. The number of carboxylic acids is 1. The summed E-state index contributed by atoms with van der Waals surface area (Å²) in [5, 5.41) is 9.74. The van der Waals surface area contributed by atoms with Gasteiger partial charge in [0.15, 0.2) is 0 Å². The zero-order valence-corrected chi connectivity index (χ0v) is 11.8. The fourth-order valence-corrected chi connectivity index (χ4v) is 1.78. The Balaban J connectivity index is 2.51. The van der Waals surface area contributed by atoms with Crippen molar-refractivity contribution in [2.24, 2.45) is 11.6 Å². The van der Waals surface area contributed by atoms with Crippen LogP contribution in [0.1, 0.15) is 24.8 Å². The standard InChI is InChI=1S/C14H21N3O4/c15-9-5-4-8-12(13(18)19)17(16)14(20)21-10-11-6-2-1-3-7-11/h1-3,6-7,12H,4-5,8-10,15-16H2,(H,18,19)/t12-/m0/s1. The Morgan fingerprint density at radius 1 is 1.24 bits per heavy atom. The van der Waals surface area contributed by atoms with Gasteiger partial charge in [0, 0.05) is 0 Å². The van der Waals surface area contributed by atoms with Gasteiger partial charge in [0.1, 0.15) is 12.6 Å². The molecule has 0 heterocycles. The van der Waals surface area contributed by atoms with Gasteiger partial charge in [0.25, 0.3) is 0 Å². The second-order valence-electron chi connectivity index (χ2n) is 4.59. The molecule has 0 unspecified atom stereocenters. The summed E-state index contributed by atoms with van der Waals surface area (Å²) >= 11 is 0. The number of hydrogen-bond acceptors (Lipinski definition) is 5. The number of nitrogens with two attached hydrogens (primary N) is 2. The van der Waals surface area contributed by atoms with E-state index in [1.54, 1.807) is 12.1 Å². The number of ether oxygens (including phenoxy) is 1. The molecular formula is C14H21N3O4. The topological polar surface area (TPSA) is 119 Å². The van der Waals surface area contributed by atoms with Gasteiger partial charge in [-0.3, -0.25) is 0 Å². The van der Waals surface area contributed by atoms with Crippen LogP contribution in [0.2, 0.25) is 0 Å². The Bertz CT molecular complexity index is 453. The number of rotatable bonds is 8. The highest BCUT2D eigenvalue weighted by Gasteiger charge is 2.28. The molecular weight excluding hydrogens is 274 g/mol. The summed E-state index contributed by atoms with van der Waals surface area (Å²) in [5.41, 5.74) is 6.16. The molecule has 0 saturated heterocycles. The highest BCUT2D eigenvalue weighted by molar-refractivity contribution is 5.79. The van der Waals surface area contributed by atoms with Crippen LogP contribution in [0, 0.1) is 0 Å². The van der Waals surface area contributed by atoms with Crippen molar-refractivity contribution >= 4 is 12.1 Å². The van der Waals surface area contributed by atoms with Gasteiger partial charge in [-0.25, -0.2) is 20.4 Å². The first-order chi connectivity index (χ1) is 10.1. The van der Waals surface area contributed by atoms with E-state index in [-0.39, 0.29) is 13.0 Å². The number of carbonyl (C=O) groups excluding carboxylic acids is 1. The quantitative estimate of drug-likeness (QED) is 0.286. The number of hydrogen-bond donors (Lipinski definition) is 3. The number of nitrogens with zero attached hydrogens (tertiary/aromatic N) is 1. The smallest absolute Gasteiger partial charge is 0.425 e. The van der Waals surface area contributed by atoms with E-state index >= 15 is 0 Å². The van der Waals surface area contributed by atoms with Crippen LogP contribution in [0.3, 0.4) is 0 Å². The normalized spacial score (nSPS) is 11.7. The average Bonchev–Trinajstić information content (AvgIpc) is 2.49. The van der Waals surface area contributed by atoms with Gasteiger partial charge in [0.05, 0.1) is 0 Å². The van der Waals surface area contributed by atoms with E-state index in [1.165, 1.54) is 0 Å². The average molecular weight is 295 g/mol. The van der Waals surface area contributed by atoms with E-state index < -0.39 is 18.1 Å². The third-order valence-corrected chi connectivity index (χ3v) is 2.97. The van der Waals surface area contributed by atoms with Gasteiger partial charge in [-0.1, -0.05) is 30.3 Å². The van der Waals surface area contributed by atoms with Gasteiger partial charge in [-0.15, -0.1) is 0 Å². The van der Waals surface area contributed by atoms with E-state index in [1.807, 2.05) is 18.2 Å². The summed E-state index contributed by atoms with van der Waals surface area (Å²) < 4.78 is 5.00. The van der Waals surface area contributed by atoms with Crippen LogP contribution in [-0.2, 0) is 16.1 Å². The summed E-state index contributed by atoms with van der Waals surface area (Å²) in [4.78, 5) is 22.9. The maximum Gasteiger partial charge on any atom is 0.425 e. The van der Waals surface area contributed by atoms with Crippen molar-refractivity contribution in [1.82, 2.24) is 5.01 Å². The number of amides is 1. The van der Waals surface area contributed by atoms with Gasteiger partial charge < -0.3 is 15.6 Å². The molecule has 116 valence electrons. The molecule has 0 spiro atoms. The number of carboxylic acid groups (broad SMARTS) is 1. The fourth-order valence-electron chi connectivity index (χ4n) is 1.78. The van der Waals surface area contributed by atoms with E-state index in [4.69, 9.17) is 21.4 Å². The minimum atomic E-state index is -1.16. The molecule has 1 atom stereocenters. The largest absolute Gasteiger partial charge is 0.480 e. The summed E-state index contributed by atoms with van der Waals surface area (Å²) in [6.45, 7) is 0.512. The number of hydrazine groups is 1. The van der Waals surface area contributed by atoms with Crippen molar-refractivity contribution in [2.45, 2.75) is 31.9 Å². The molecule has 0 aliphatic heterocycles. The molecule has 1 aromatic carbocycles. The SMILES string of the molecule is NCCCC[C@@H](C(=O)O)N(N)C(=O)OCc1ccccc1. The molecule has 5 N–H and O–H groups in total. The Morgan fingerprint density at radius 2 is 1.90 bits per heavy atom. The molecule has 0 fully saturated rings. The van der Waals surface area contributed by atoms with E-state index in [2.05, 4.69) is 0 Å². The highest BCUT2D eigenvalue weighted by Crippen LogP contribution is 2.09. The summed E-state index contributed by atoms with van der Waals surface area (Å²) in [5.74, 6) is 4.39. The maximum atomic E-state index is 11.8. The minimum Gasteiger partial charge on any atom is -0.480 e. The predicted molar refractivity (Wildman–Crippen MR) is 77.0 cm³/mol. The van der Waals surface area contributed by atoms with E-state index in [0.29, 0.717) is 24.4 Å². The highest BCUT2D eigenvalue weighted by atomic mass is 16.6. The zero-order valence-electron chi connectivity index (χ0n) is 11.8. The number of carbonyl (C=O) groups is 2.